The maximum absolute atomic E-state index is 13.3. The molecule has 0 radical (unpaired) electrons. The van der Waals surface area contributed by atoms with Crippen molar-refractivity contribution in [1.82, 2.24) is 9.78 Å². The third kappa shape index (κ3) is 4.50. The molecule has 1 atom stereocenters. The monoisotopic (exact) mass is 357 g/mol. The van der Waals surface area contributed by atoms with Gasteiger partial charge in [0.25, 0.3) is 5.56 Å². The number of rotatable bonds is 6. The highest BCUT2D eigenvalue weighted by Crippen LogP contribution is 2.32. The summed E-state index contributed by atoms with van der Waals surface area (Å²) in [4.78, 5) is 12.3. The molecule has 2 aromatic rings. The molecule has 0 saturated heterocycles. The molecule has 1 aromatic carbocycles. The zero-order chi connectivity index (χ0) is 18.6. The van der Waals surface area contributed by atoms with Crippen molar-refractivity contribution in [1.29, 1.82) is 0 Å². The first-order chi connectivity index (χ1) is 11.8. The topological polar surface area (TPSA) is 76.4 Å². The Balaban J connectivity index is 2.41. The summed E-state index contributed by atoms with van der Waals surface area (Å²) in [6.07, 6.45) is -3.90. The van der Waals surface area contributed by atoms with E-state index in [-0.39, 0.29) is 13.2 Å². The van der Waals surface area contributed by atoms with Gasteiger partial charge in [-0.05, 0) is 24.6 Å². The predicted molar refractivity (Wildman–Crippen MR) is 85.8 cm³/mol. The van der Waals surface area contributed by atoms with Crippen LogP contribution in [-0.4, -0.2) is 34.6 Å². The molecular weight excluding hydrogens is 339 g/mol. The Morgan fingerprint density at radius 2 is 1.96 bits per heavy atom. The zero-order valence-corrected chi connectivity index (χ0v) is 13.7. The molecule has 0 fully saturated rings. The van der Waals surface area contributed by atoms with Crippen molar-refractivity contribution in [3.05, 3.63) is 51.9 Å². The number of methoxy groups -OCH3 is 1. The second-order valence-corrected chi connectivity index (χ2v) is 5.47. The van der Waals surface area contributed by atoms with Crippen LogP contribution in [0.1, 0.15) is 18.1 Å². The van der Waals surface area contributed by atoms with E-state index in [1.807, 2.05) is 0 Å². The van der Waals surface area contributed by atoms with Crippen LogP contribution in [-0.2, 0) is 12.7 Å². The number of aliphatic hydroxyl groups excluding tert-OH is 1. The van der Waals surface area contributed by atoms with Gasteiger partial charge in [0.2, 0.25) is 0 Å². The molecule has 0 aliphatic heterocycles. The summed E-state index contributed by atoms with van der Waals surface area (Å²) in [6, 6.07) is 5.91. The van der Waals surface area contributed by atoms with Crippen LogP contribution in [0.3, 0.4) is 0 Å². The maximum Gasteiger partial charge on any atom is 0.423 e. The molecule has 0 spiro atoms. The van der Waals surface area contributed by atoms with Crippen LogP contribution >= 0.6 is 0 Å². The number of alkyl halides is 3. The van der Waals surface area contributed by atoms with E-state index < -0.39 is 29.0 Å². The fourth-order valence-corrected chi connectivity index (χ4v) is 2.20. The van der Waals surface area contributed by atoms with Gasteiger partial charge in [0.1, 0.15) is 11.3 Å². The molecule has 0 amide bonds. The highest BCUT2D eigenvalue weighted by atomic mass is 19.4. The van der Waals surface area contributed by atoms with Crippen molar-refractivity contribution in [3.63, 3.8) is 0 Å². The average molecular weight is 357 g/mol. The minimum Gasteiger partial charge on any atom is -0.497 e. The second kappa shape index (κ2) is 7.56. The normalized spacial score (nSPS) is 12.7. The van der Waals surface area contributed by atoms with E-state index in [2.05, 4.69) is 10.4 Å². The maximum atomic E-state index is 13.3. The minimum atomic E-state index is -4.85. The number of hydrogen-bond donors (Lipinski definition) is 2. The molecule has 1 aromatic heterocycles. The number of anilines is 1. The largest absolute Gasteiger partial charge is 0.497 e. The molecule has 1 heterocycles. The summed E-state index contributed by atoms with van der Waals surface area (Å²) < 4.78 is 45.7. The van der Waals surface area contributed by atoms with Crippen molar-refractivity contribution in [2.75, 3.05) is 19.0 Å². The Morgan fingerprint density at radius 1 is 1.32 bits per heavy atom. The van der Waals surface area contributed by atoms with Gasteiger partial charge < -0.3 is 15.2 Å². The SMILES string of the molecule is COc1ccc(Cn2ncc(N[C@@H](C)CO)c(C(F)(F)F)c2=O)cc1. The van der Waals surface area contributed by atoms with Gasteiger partial charge in [-0.25, -0.2) is 4.68 Å². The lowest BCUT2D eigenvalue weighted by Crippen LogP contribution is -2.33. The van der Waals surface area contributed by atoms with Gasteiger partial charge in [-0.15, -0.1) is 0 Å². The van der Waals surface area contributed by atoms with Gasteiger partial charge in [-0.1, -0.05) is 12.1 Å². The molecule has 2 N–H and O–H groups in total. The molecule has 0 unspecified atom stereocenters. The summed E-state index contributed by atoms with van der Waals surface area (Å²) in [5, 5.41) is 15.3. The van der Waals surface area contributed by atoms with Crippen molar-refractivity contribution in [2.45, 2.75) is 25.7 Å². The average Bonchev–Trinajstić information content (AvgIpc) is 2.56. The van der Waals surface area contributed by atoms with Crippen LogP contribution < -0.4 is 15.6 Å². The Bertz CT molecular complexity index is 773. The van der Waals surface area contributed by atoms with Gasteiger partial charge in [0.05, 0.1) is 32.1 Å². The van der Waals surface area contributed by atoms with Crippen LogP contribution in [0, 0.1) is 0 Å². The number of nitrogens with zero attached hydrogens (tertiary/aromatic N) is 2. The third-order valence-electron chi connectivity index (χ3n) is 3.49. The molecule has 9 heteroatoms. The summed E-state index contributed by atoms with van der Waals surface area (Å²) >= 11 is 0. The van der Waals surface area contributed by atoms with Crippen LogP contribution in [0.4, 0.5) is 18.9 Å². The van der Waals surface area contributed by atoms with E-state index in [1.54, 1.807) is 24.3 Å². The highest BCUT2D eigenvalue weighted by molar-refractivity contribution is 5.50. The Kier molecular flexibility index (Phi) is 5.68. The quantitative estimate of drug-likeness (QED) is 0.828. The second-order valence-electron chi connectivity index (χ2n) is 5.47. The molecular formula is C16H18F3N3O3. The predicted octanol–water partition coefficient (Wildman–Crippen LogP) is 2.11. The molecule has 0 saturated carbocycles. The summed E-state index contributed by atoms with van der Waals surface area (Å²) in [5.41, 5.74) is -2.44. The first-order valence-corrected chi connectivity index (χ1v) is 7.44. The number of halogens is 3. The number of aromatic nitrogens is 2. The number of benzene rings is 1. The van der Waals surface area contributed by atoms with Gasteiger partial charge in [-0.3, -0.25) is 4.79 Å². The Morgan fingerprint density at radius 3 is 2.48 bits per heavy atom. The van der Waals surface area contributed by atoms with Gasteiger partial charge in [0, 0.05) is 6.04 Å². The van der Waals surface area contributed by atoms with E-state index in [0.717, 1.165) is 10.9 Å². The van der Waals surface area contributed by atoms with Crippen molar-refractivity contribution >= 4 is 5.69 Å². The fourth-order valence-electron chi connectivity index (χ4n) is 2.20. The smallest absolute Gasteiger partial charge is 0.423 e. The molecule has 25 heavy (non-hydrogen) atoms. The number of hydrogen-bond acceptors (Lipinski definition) is 5. The lowest BCUT2D eigenvalue weighted by atomic mass is 10.2. The summed E-state index contributed by atoms with van der Waals surface area (Å²) in [6.45, 7) is 0.997. The molecule has 6 nitrogen and oxygen atoms in total. The minimum absolute atomic E-state index is 0.109. The van der Waals surface area contributed by atoms with Crippen molar-refractivity contribution < 1.29 is 23.0 Å². The van der Waals surface area contributed by atoms with E-state index in [1.165, 1.54) is 14.0 Å². The summed E-state index contributed by atoms with van der Waals surface area (Å²) in [7, 11) is 1.50. The van der Waals surface area contributed by atoms with Gasteiger partial charge >= 0.3 is 6.18 Å². The van der Waals surface area contributed by atoms with Crippen LogP contribution in [0.2, 0.25) is 0 Å². The van der Waals surface area contributed by atoms with Crippen LogP contribution in [0.25, 0.3) is 0 Å². The fraction of sp³-hybridized carbons (Fsp3) is 0.375. The van der Waals surface area contributed by atoms with Crippen molar-refractivity contribution in [3.8, 4) is 5.75 Å². The van der Waals surface area contributed by atoms with Crippen molar-refractivity contribution in [2.24, 2.45) is 0 Å². The van der Waals surface area contributed by atoms with Crippen LogP contribution in [0.5, 0.6) is 5.75 Å². The lowest BCUT2D eigenvalue weighted by molar-refractivity contribution is -0.138. The third-order valence-corrected chi connectivity index (χ3v) is 3.49. The van der Waals surface area contributed by atoms with E-state index in [4.69, 9.17) is 9.84 Å². The van der Waals surface area contributed by atoms with Gasteiger partial charge in [0.15, 0.2) is 0 Å². The first kappa shape index (κ1) is 18.8. The zero-order valence-electron chi connectivity index (χ0n) is 13.7. The number of nitrogens with one attached hydrogen (secondary N) is 1. The first-order valence-electron chi connectivity index (χ1n) is 7.44. The van der Waals surface area contributed by atoms with E-state index in [0.29, 0.717) is 11.3 Å². The van der Waals surface area contributed by atoms with E-state index in [9.17, 15) is 18.0 Å². The lowest BCUT2D eigenvalue weighted by Gasteiger charge is -2.18. The highest BCUT2D eigenvalue weighted by Gasteiger charge is 2.38. The number of aliphatic hydroxyl groups is 1. The summed E-state index contributed by atoms with van der Waals surface area (Å²) in [5.74, 6) is 0.595. The molecule has 0 aliphatic carbocycles. The molecule has 0 bridgehead atoms. The number of ether oxygens (including phenoxy) is 1. The Hall–Kier alpha value is -2.55. The standard InChI is InChI=1S/C16H18F3N3O3/c1-10(9-23)21-13-7-20-22(15(24)14(13)16(17,18)19)8-11-3-5-12(25-2)6-4-11/h3-7,10,21,23H,8-9H2,1-2H3/t10-/m0/s1. The van der Waals surface area contributed by atoms with Crippen LogP contribution in [0.15, 0.2) is 35.3 Å². The molecule has 2 rings (SSSR count). The molecule has 136 valence electrons. The van der Waals surface area contributed by atoms with Gasteiger partial charge in [-0.2, -0.15) is 18.3 Å². The van der Waals surface area contributed by atoms with E-state index >= 15 is 0 Å². The Labute approximate surface area is 141 Å². The molecule has 0 aliphatic rings.